The van der Waals surface area contributed by atoms with Crippen LogP contribution in [0, 0.1) is 0 Å². The van der Waals surface area contributed by atoms with Crippen LogP contribution in [0.25, 0.3) is 27.6 Å². The number of amides is 2. The average Bonchev–Trinajstić information content (AvgIpc) is 3.54. The summed E-state index contributed by atoms with van der Waals surface area (Å²) in [6.45, 7) is 12.1. The molecule has 0 bridgehead atoms. The Balaban J connectivity index is 1.25. The van der Waals surface area contributed by atoms with Gasteiger partial charge in [0, 0.05) is 62.5 Å². The first kappa shape index (κ1) is 53.5. The Morgan fingerprint density at radius 2 is 1.25 bits per heavy atom. The number of carbonyl (C=O) groups is 2. The summed E-state index contributed by atoms with van der Waals surface area (Å²) in [7, 11) is -3.53. The van der Waals surface area contributed by atoms with Gasteiger partial charge in [-0.05, 0) is 125 Å². The Labute approximate surface area is 423 Å². The molecule has 0 aliphatic carbocycles. The van der Waals surface area contributed by atoms with Gasteiger partial charge in [0.2, 0.25) is 17.5 Å². The van der Waals surface area contributed by atoms with Crippen LogP contribution in [0.2, 0.25) is 0 Å². The molecule has 0 radical (unpaired) electrons. The minimum Gasteiger partial charge on any atom is -0.423 e. The van der Waals surface area contributed by atoms with E-state index in [-0.39, 0.29) is 24.8 Å². The van der Waals surface area contributed by atoms with E-state index < -0.39 is 35.5 Å². The first-order chi connectivity index (χ1) is 34.2. The molecule has 0 atom stereocenters. The van der Waals surface area contributed by atoms with Gasteiger partial charge in [0.25, 0.3) is 10.1 Å². The van der Waals surface area contributed by atoms with E-state index in [1.165, 1.54) is 0 Å². The van der Waals surface area contributed by atoms with Crippen LogP contribution >= 0.6 is 0 Å². The van der Waals surface area contributed by atoms with Crippen molar-refractivity contribution in [2.75, 3.05) is 39.5 Å². The van der Waals surface area contributed by atoms with Crippen molar-refractivity contribution in [2.45, 2.75) is 65.2 Å². The van der Waals surface area contributed by atoms with Crippen molar-refractivity contribution in [3.63, 3.8) is 0 Å². The van der Waals surface area contributed by atoms with Gasteiger partial charge in [-0.15, -0.1) is 0 Å². The van der Waals surface area contributed by atoms with Gasteiger partial charge in [-0.3, -0.25) is 23.9 Å². The van der Waals surface area contributed by atoms with E-state index in [1.54, 1.807) is 31.2 Å². The summed E-state index contributed by atoms with van der Waals surface area (Å²) in [4.78, 5) is 29.2. The van der Waals surface area contributed by atoms with Gasteiger partial charge < -0.3 is 30.7 Å². The van der Waals surface area contributed by atoms with E-state index in [2.05, 4.69) is 71.2 Å². The second kappa shape index (κ2) is 23.1. The smallest absolute Gasteiger partial charge is 0.423 e. The van der Waals surface area contributed by atoms with Crippen LogP contribution < -0.4 is 21.6 Å². The molecule has 6 aromatic rings. The topological polar surface area (TPSA) is 203 Å². The maximum absolute atomic E-state index is 13.1. The van der Waals surface area contributed by atoms with Crippen molar-refractivity contribution in [1.82, 2.24) is 20.4 Å². The van der Waals surface area contributed by atoms with Gasteiger partial charge in [0.1, 0.15) is 5.75 Å². The van der Waals surface area contributed by atoms with Gasteiger partial charge in [-0.1, -0.05) is 97.6 Å². The summed E-state index contributed by atoms with van der Waals surface area (Å²) in [5.74, 6) is -0.897. The van der Waals surface area contributed by atoms with Crippen LogP contribution in [0.15, 0.2) is 127 Å². The van der Waals surface area contributed by atoms with Crippen molar-refractivity contribution in [3.05, 3.63) is 166 Å². The highest BCUT2D eigenvalue weighted by Gasteiger charge is 2.44. The summed E-state index contributed by atoms with van der Waals surface area (Å²) < 4.78 is 36.2. The number of allylic oxidation sites excluding steroid dienone is 1. The Hall–Kier alpha value is -6.27. The standard InChI is InChI=1S/C55H63B2N5O9S/c1-37(2)54(64)59-27-13-26-58-53(63)32-39-21-24-51-48(31-39)55(3,4)52(62(51)28-29-72(69,70)71)25-22-38-20-23-44-45(30-38)47(36-61(6)34-41-15-8-12-19-50(41)57(67)68)43-17-10-9-16-42(43)46(44)35-60(5)33-40-14-7-11-18-49(40)56(65)66/h7-12,14-25,30-31,65-68H,1,13,26-29,32-36H2,2-6H3,(H2-,58,59,63,64,69,70,71)/p+1/b25-22+. The monoisotopic (exact) mass is 992 g/mol. The number of carbonyl (C=O) groups excluding carboxylic acids is 2. The Bertz CT molecular complexity index is 3190. The largest absolute Gasteiger partial charge is 0.488 e. The van der Waals surface area contributed by atoms with E-state index in [9.17, 15) is 42.7 Å². The number of benzene rings is 6. The van der Waals surface area contributed by atoms with Gasteiger partial charge >= 0.3 is 14.2 Å². The van der Waals surface area contributed by atoms with Gasteiger partial charge in [0.15, 0.2) is 12.3 Å². The zero-order chi connectivity index (χ0) is 51.9. The highest BCUT2D eigenvalue weighted by molar-refractivity contribution is 7.85. The number of rotatable bonds is 22. The normalized spacial score (nSPS) is 13.4. The maximum Gasteiger partial charge on any atom is 0.488 e. The van der Waals surface area contributed by atoms with Gasteiger partial charge in [0.05, 0.1) is 11.8 Å². The lowest BCUT2D eigenvalue weighted by atomic mass is 9.77. The molecule has 374 valence electrons. The number of fused-ring (bicyclic) bond motifs is 3. The van der Waals surface area contributed by atoms with Gasteiger partial charge in [-0.2, -0.15) is 13.0 Å². The zero-order valence-electron chi connectivity index (χ0n) is 41.6. The van der Waals surface area contributed by atoms with Crippen molar-refractivity contribution >= 4 is 86.1 Å². The van der Waals surface area contributed by atoms with Crippen LogP contribution in [0.5, 0.6) is 0 Å². The quantitative estimate of drug-likeness (QED) is 0.0128. The van der Waals surface area contributed by atoms with Crippen molar-refractivity contribution < 1.29 is 47.2 Å². The lowest BCUT2D eigenvalue weighted by Gasteiger charge is -2.25. The molecule has 0 saturated carbocycles. The van der Waals surface area contributed by atoms with Gasteiger partial charge in [-0.25, -0.2) is 0 Å². The van der Waals surface area contributed by atoms with E-state index in [0.717, 1.165) is 71.9 Å². The van der Waals surface area contributed by atoms with Crippen LogP contribution in [0.4, 0.5) is 5.69 Å². The minimum absolute atomic E-state index is 0.00800. The summed E-state index contributed by atoms with van der Waals surface area (Å²) in [5, 5.41) is 50.5. The Kier molecular flexibility index (Phi) is 17.2. The van der Waals surface area contributed by atoms with Crippen molar-refractivity contribution in [3.8, 4) is 0 Å². The molecule has 6 aromatic carbocycles. The second-order valence-corrected chi connectivity index (χ2v) is 20.9. The predicted octanol–water partition coefficient (Wildman–Crippen LogP) is 4.34. The lowest BCUT2D eigenvalue weighted by molar-refractivity contribution is -0.432. The summed E-state index contributed by atoms with van der Waals surface area (Å²) in [6, 6.07) is 35.0. The number of hydrogen-bond donors (Lipinski definition) is 7. The third-order valence-corrected chi connectivity index (χ3v) is 14.0. The summed E-state index contributed by atoms with van der Waals surface area (Å²) in [6.07, 6.45) is 4.68. The SMILES string of the molecule is C=C(C)C(=O)NCCCNC(=O)Cc1ccc2c(c1)C(C)(C)C(/C=C/c1ccc3c(CN(C)Cc4ccccc4B(O)O)c4ccccc4c(CN(C)Cc4ccccc4B(O)O)c3c1)=[N+]2CCS(=O)(=O)O. The maximum atomic E-state index is 13.1. The van der Waals surface area contributed by atoms with E-state index >= 15 is 0 Å². The predicted molar refractivity (Wildman–Crippen MR) is 288 cm³/mol. The van der Waals surface area contributed by atoms with Crippen LogP contribution in [0.3, 0.4) is 0 Å². The fraction of sp³-hybridized carbons (Fsp3) is 0.291. The summed E-state index contributed by atoms with van der Waals surface area (Å²) in [5.41, 5.74) is 8.56. The first-order valence-electron chi connectivity index (χ1n) is 24.0. The first-order valence-corrected chi connectivity index (χ1v) is 25.7. The van der Waals surface area contributed by atoms with Crippen LogP contribution in [0.1, 0.15) is 66.1 Å². The third kappa shape index (κ3) is 12.8. The number of nitrogens with zero attached hydrogens (tertiary/aromatic N) is 3. The molecule has 0 aromatic heterocycles. The molecule has 0 spiro atoms. The molecule has 1 aliphatic heterocycles. The molecule has 14 nitrogen and oxygen atoms in total. The van der Waals surface area contributed by atoms with E-state index in [4.69, 9.17) is 0 Å². The summed E-state index contributed by atoms with van der Waals surface area (Å²) >= 11 is 0. The highest BCUT2D eigenvalue weighted by Crippen LogP contribution is 2.41. The molecule has 72 heavy (non-hydrogen) atoms. The van der Waals surface area contributed by atoms with Crippen molar-refractivity contribution in [1.29, 1.82) is 0 Å². The average molecular weight is 993 g/mol. The van der Waals surface area contributed by atoms with E-state index in [0.29, 0.717) is 62.2 Å². The fourth-order valence-corrected chi connectivity index (χ4v) is 10.2. The molecule has 7 rings (SSSR count). The lowest BCUT2D eigenvalue weighted by Crippen LogP contribution is -2.35. The molecule has 0 fully saturated rings. The Morgan fingerprint density at radius 3 is 1.82 bits per heavy atom. The van der Waals surface area contributed by atoms with Crippen LogP contribution in [-0.2, 0) is 57.7 Å². The zero-order valence-corrected chi connectivity index (χ0v) is 42.4. The molecule has 17 heteroatoms. The fourth-order valence-electron chi connectivity index (χ4n) is 9.78. The van der Waals surface area contributed by atoms with Crippen LogP contribution in [-0.4, -0.2) is 119 Å². The molecular formula is C55H64B2N5O9S+. The molecule has 0 saturated heterocycles. The Morgan fingerprint density at radius 1 is 0.708 bits per heavy atom. The minimum atomic E-state index is -4.32. The molecule has 2 amide bonds. The number of hydrogen-bond acceptors (Lipinski definition) is 10. The number of nitrogens with one attached hydrogen (secondary N) is 2. The third-order valence-electron chi connectivity index (χ3n) is 13.4. The molecule has 7 N–H and O–H groups in total. The molecule has 1 aliphatic rings. The van der Waals surface area contributed by atoms with Crippen molar-refractivity contribution in [2.24, 2.45) is 0 Å². The highest BCUT2D eigenvalue weighted by atomic mass is 32.2. The van der Waals surface area contributed by atoms with E-state index in [1.807, 2.05) is 85.4 Å². The second-order valence-electron chi connectivity index (χ2n) is 19.3. The molecule has 0 unspecified atom stereocenters. The molecular weight excluding hydrogens is 928 g/mol. The molecule has 1 heterocycles.